The molecule has 128 valence electrons. The van der Waals surface area contributed by atoms with Gasteiger partial charge in [-0.15, -0.1) is 0 Å². The van der Waals surface area contributed by atoms with Crippen LogP contribution >= 0.6 is 0 Å². The lowest BCUT2D eigenvalue weighted by molar-refractivity contribution is -0.125. The van der Waals surface area contributed by atoms with E-state index in [9.17, 15) is 4.79 Å². The van der Waals surface area contributed by atoms with Gasteiger partial charge in [-0.05, 0) is 37.1 Å². The van der Waals surface area contributed by atoms with E-state index in [1.807, 2.05) is 75.4 Å². The van der Waals surface area contributed by atoms with Crippen molar-refractivity contribution in [2.45, 2.75) is 32.9 Å². The predicted molar refractivity (Wildman–Crippen MR) is 96.8 cm³/mol. The maximum atomic E-state index is 12.3. The SMILES string of the molecule is Cc1cccc(OC(C)CNC(=O)C(C)C(N)c2ccccc2)c1. The van der Waals surface area contributed by atoms with E-state index in [2.05, 4.69) is 5.32 Å². The molecule has 0 bridgehead atoms. The number of carbonyl (C=O) groups excluding carboxylic acids is 1. The van der Waals surface area contributed by atoms with Crippen LogP contribution in [-0.2, 0) is 4.79 Å². The van der Waals surface area contributed by atoms with Crippen molar-refractivity contribution in [2.75, 3.05) is 6.54 Å². The summed E-state index contributed by atoms with van der Waals surface area (Å²) in [5.74, 6) is 0.440. The van der Waals surface area contributed by atoms with Crippen molar-refractivity contribution in [1.29, 1.82) is 0 Å². The summed E-state index contributed by atoms with van der Waals surface area (Å²) in [6.45, 7) is 6.24. The Labute approximate surface area is 144 Å². The summed E-state index contributed by atoms with van der Waals surface area (Å²) in [6, 6.07) is 17.2. The van der Waals surface area contributed by atoms with E-state index in [4.69, 9.17) is 10.5 Å². The topological polar surface area (TPSA) is 64.3 Å². The van der Waals surface area contributed by atoms with E-state index >= 15 is 0 Å². The second-order valence-corrected chi connectivity index (χ2v) is 6.22. The summed E-state index contributed by atoms with van der Waals surface area (Å²) in [4.78, 5) is 12.3. The maximum Gasteiger partial charge on any atom is 0.224 e. The zero-order chi connectivity index (χ0) is 17.5. The Morgan fingerprint density at radius 2 is 1.83 bits per heavy atom. The molecule has 0 saturated heterocycles. The number of aryl methyl sites for hydroxylation is 1. The molecule has 24 heavy (non-hydrogen) atoms. The number of hydrogen-bond acceptors (Lipinski definition) is 3. The lowest BCUT2D eigenvalue weighted by Crippen LogP contribution is -2.40. The summed E-state index contributed by atoms with van der Waals surface area (Å²) in [5.41, 5.74) is 8.30. The maximum absolute atomic E-state index is 12.3. The number of benzene rings is 2. The third-order valence-electron chi connectivity index (χ3n) is 4.03. The van der Waals surface area contributed by atoms with Crippen LogP contribution in [0, 0.1) is 12.8 Å². The van der Waals surface area contributed by atoms with E-state index in [1.54, 1.807) is 0 Å². The second-order valence-electron chi connectivity index (χ2n) is 6.22. The average Bonchev–Trinajstić information content (AvgIpc) is 2.59. The molecular formula is C20H26N2O2. The van der Waals surface area contributed by atoms with Crippen LogP contribution in [0.2, 0.25) is 0 Å². The highest BCUT2D eigenvalue weighted by molar-refractivity contribution is 5.79. The highest BCUT2D eigenvalue weighted by atomic mass is 16.5. The van der Waals surface area contributed by atoms with Crippen molar-refractivity contribution in [1.82, 2.24) is 5.32 Å². The molecule has 3 unspecified atom stereocenters. The molecule has 2 aromatic rings. The van der Waals surface area contributed by atoms with Crippen molar-refractivity contribution in [3.05, 3.63) is 65.7 Å². The largest absolute Gasteiger partial charge is 0.489 e. The first-order valence-corrected chi connectivity index (χ1v) is 8.29. The van der Waals surface area contributed by atoms with Gasteiger partial charge in [0, 0.05) is 6.04 Å². The molecular weight excluding hydrogens is 300 g/mol. The molecule has 0 aliphatic carbocycles. The van der Waals surface area contributed by atoms with Crippen LogP contribution in [0.4, 0.5) is 0 Å². The van der Waals surface area contributed by atoms with Crippen LogP contribution in [-0.4, -0.2) is 18.6 Å². The fourth-order valence-corrected chi connectivity index (χ4v) is 2.49. The minimum Gasteiger partial charge on any atom is -0.489 e. The van der Waals surface area contributed by atoms with Gasteiger partial charge in [-0.25, -0.2) is 0 Å². The van der Waals surface area contributed by atoms with Crippen molar-refractivity contribution < 1.29 is 9.53 Å². The van der Waals surface area contributed by atoms with Gasteiger partial charge >= 0.3 is 0 Å². The van der Waals surface area contributed by atoms with Crippen molar-refractivity contribution in [3.63, 3.8) is 0 Å². The number of hydrogen-bond donors (Lipinski definition) is 2. The van der Waals surface area contributed by atoms with E-state index < -0.39 is 0 Å². The zero-order valence-electron chi connectivity index (χ0n) is 14.5. The highest BCUT2D eigenvalue weighted by Crippen LogP contribution is 2.19. The fraction of sp³-hybridized carbons (Fsp3) is 0.350. The number of carbonyl (C=O) groups is 1. The van der Waals surface area contributed by atoms with Gasteiger partial charge in [0.1, 0.15) is 11.9 Å². The summed E-state index contributed by atoms with van der Waals surface area (Å²) in [5, 5.41) is 2.92. The standard InChI is InChI=1S/C20H26N2O2/c1-14-8-7-11-18(12-14)24-15(2)13-22-20(23)16(3)19(21)17-9-5-4-6-10-17/h4-12,15-16,19H,13,21H2,1-3H3,(H,22,23). The van der Waals surface area contributed by atoms with Crippen LogP contribution in [0.15, 0.2) is 54.6 Å². The van der Waals surface area contributed by atoms with Crippen LogP contribution in [0.1, 0.15) is 31.0 Å². The molecule has 2 aromatic carbocycles. The molecule has 0 spiro atoms. The summed E-state index contributed by atoms with van der Waals surface area (Å²) in [6.07, 6.45) is -0.115. The van der Waals surface area contributed by atoms with Crippen molar-refractivity contribution in [3.8, 4) is 5.75 Å². The number of amides is 1. The minimum absolute atomic E-state index is 0.0638. The number of nitrogens with two attached hydrogens (primary N) is 1. The van der Waals surface area contributed by atoms with E-state index in [0.29, 0.717) is 6.54 Å². The molecule has 3 atom stereocenters. The van der Waals surface area contributed by atoms with Crippen LogP contribution in [0.5, 0.6) is 5.75 Å². The molecule has 1 amide bonds. The van der Waals surface area contributed by atoms with Gasteiger partial charge < -0.3 is 15.8 Å². The molecule has 4 nitrogen and oxygen atoms in total. The van der Waals surface area contributed by atoms with Crippen molar-refractivity contribution in [2.24, 2.45) is 11.7 Å². The van der Waals surface area contributed by atoms with Crippen LogP contribution in [0.25, 0.3) is 0 Å². The van der Waals surface area contributed by atoms with Gasteiger partial charge in [0.05, 0.1) is 12.5 Å². The summed E-state index contributed by atoms with van der Waals surface area (Å²) >= 11 is 0. The Morgan fingerprint density at radius 1 is 1.12 bits per heavy atom. The molecule has 0 radical (unpaired) electrons. The van der Waals surface area contributed by atoms with Gasteiger partial charge in [0.15, 0.2) is 0 Å². The highest BCUT2D eigenvalue weighted by Gasteiger charge is 2.22. The fourth-order valence-electron chi connectivity index (χ4n) is 2.49. The molecule has 2 rings (SSSR count). The second kappa shape index (κ2) is 8.50. The molecule has 0 heterocycles. The van der Waals surface area contributed by atoms with E-state index in [1.165, 1.54) is 0 Å². The number of rotatable bonds is 7. The van der Waals surface area contributed by atoms with Gasteiger partial charge in [-0.2, -0.15) is 0 Å². The lowest BCUT2D eigenvalue weighted by Gasteiger charge is -2.21. The molecule has 0 fully saturated rings. The molecule has 3 N–H and O–H groups in total. The quantitative estimate of drug-likeness (QED) is 0.821. The molecule has 0 aliphatic rings. The molecule has 4 heteroatoms. The van der Waals surface area contributed by atoms with Gasteiger partial charge in [-0.1, -0.05) is 49.4 Å². The zero-order valence-corrected chi connectivity index (χ0v) is 14.5. The molecule has 0 aliphatic heterocycles. The van der Waals surface area contributed by atoms with E-state index in [0.717, 1.165) is 16.9 Å². The summed E-state index contributed by atoms with van der Waals surface area (Å²) in [7, 11) is 0. The Bertz CT molecular complexity index is 658. The van der Waals surface area contributed by atoms with Gasteiger partial charge in [0.2, 0.25) is 5.91 Å². The van der Waals surface area contributed by atoms with Crippen molar-refractivity contribution >= 4 is 5.91 Å². The van der Waals surface area contributed by atoms with Crippen LogP contribution in [0.3, 0.4) is 0 Å². The first kappa shape index (κ1) is 18.0. The third-order valence-corrected chi connectivity index (χ3v) is 4.03. The third kappa shape index (κ3) is 5.10. The van der Waals surface area contributed by atoms with Crippen LogP contribution < -0.4 is 15.8 Å². The Balaban J connectivity index is 1.83. The Hall–Kier alpha value is -2.33. The Kier molecular flexibility index (Phi) is 6.38. The number of nitrogens with one attached hydrogen (secondary N) is 1. The van der Waals surface area contributed by atoms with E-state index in [-0.39, 0.29) is 24.0 Å². The smallest absolute Gasteiger partial charge is 0.224 e. The Morgan fingerprint density at radius 3 is 2.50 bits per heavy atom. The average molecular weight is 326 g/mol. The molecule has 0 aromatic heterocycles. The first-order chi connectivity index (χ1) is 11.5. The summed E-state index contributed by atoms with van der Waals surface area (Å²) < 4.78 is 5.82. The number of ether oxygens (including phenoxy) is 1. The first-order valence-electron chi connectivity index (χ1n) is 8.29. The lowest BCUT2D eigenvalue weighted by atomic mass is 9.94. The normalized spacial score (nSPS) is 14.5. The van der Waals surface area contributed by atoms with Gasteiger partial charge in [-0.3, -0.25) is 4.79 Å². The predicted octanol–water partition coefficient (Wildman–Crippen LogP) is 3.21. The van der Waals surface area contributed by atoms with Gasteiger partial charge in [0.25, 0.3) is 0 Å². The minimum atomic E-state index is -0.320. The molecule has 0 saturated carbocycles. The monoisotopic (exact) mass is 326 g/mol.